The van der Waals surface area contributed by atoms with Crippen molar-refractivity contribution in [2.24, 2.45) is 0 Å². The van der Waals surface area contributed by atoms with Crippen LogP contribution in [0.15, 0.2) is 36.4 Å². The number of nitrogens with zero attached hydrogens (tertiary/aromatic N) is 1. The van der Waals surface area contributed by atoms with Gasteiger partial charge in [-0.05, 0) is 96.3 Å². The molecule has 0 bridgehead atoms. The van der Waals surface area contributed by atoms with Crippen molar-refractivity contribution in [3.05, 3.63) is 58.7 Å². The van der Waals surface area contributed by atoms with Gasteiger partial charge in [-0.1, -0.05) is 37.1 Å². The Labute approximate surface area is 227 Å². The number of carbonyl (C=O) groups is 2. The highest BCUT2D eigenvalue weighted by Crippen LogP contribution is 2.38. The van der Waals surface area contributed by atoms with Crippen LogP contribution in [0.2, 0.25) is 0 Å². The monoisotopic (exact) mass is 519 g/mol. The summed E-state index contributed by atoms with van der Waals surface area (Å²) in [5.74, 6) is -0.168. The van der Waals surface area contributed by atoms with Gasteiger partial charge < -0.3 is 20.3 Å². The molecule has 3 aromatic rings. The van der Waals surface area contributed by atoms with Crippen molar-refractivity contribution in [2.45, 2.75) is 98.7 Å². The van der Waals surface area contributed by atoms with Crippen molar-refractivity contribution in [3.63, 3.8) is 0 Å². The Morgan fingerprint density at radius 2 is 1.37 bits per heavy atom. The number of aliphatic hydroxyl groups excluding tert-OH is 1. The Morgan fingerprint density at radius 1 is 0.816 bits per heavy atom. The third kappa shape index (κ3) is 7.04. The molecule has 2 amide bonds. The highest BCUT2D eigenvalue weighted by atomic mass is 16.3. The summed E-state index contributed by atoms with van der Waals surface area (Å²) in [5.41, 5.74) is 5.64. The minimum Gasteiger partial charge on any atom is -0.395 e. The zero-order valence-corrected chi connectivity index (χ0v) is 24.8. The molecule has 0 aliphatic carbocycles. The Hall–Kier alpha value is -3.12. The lowest BCUT2D eigenvalue weighted by Crippen LogP contribution is -2.42. The lowest BCUT2D eigenvalue weighted by Gasteiger charge is -2.23. The van der Waals surface area contributed by atoms with E-state index in [2.05, 4.69) is 48.7 Å². The predicted octanol–water partition coefficient (Wildman–Crippen LogP) is 5.57. The van der Waals surface area contributed by atoms with Crippen LogP contribution in [0.25, 0.3) is 22.2 Å². The van der Waals surface area contributed by atoms with E-state index >= 15 is 0 Å². The van der Waals surface area contributed by atoms with Gasteiger partial charge in [-0.3, -0.25) is 9.59 Å². The molecule has 3 N–H and O–H groups in total. The molecule has 0 atom stereocenters. The van der Waals surface area contributed by atoms with Crippen LogP contribution in [-0.2, 0) is 28.0 Å². The molecule has 0 aliphatic heterocycles. The number of amides is 2. The maximum absolute atomic E-state index is 13.3. The predicted molar refractivity (Wildman–Crippen MR) is 156 cm³/mol. The quantitative estimate of drug-likeness (QED) is 0.382. The van der Waals surface area contributed by atoms with Crippen LogP contribution in [0.4, 0.5) is 0 Å². The molecule has 1 aromatic heterocycles. The molecule has 2 aromatic carbocycles. The molecule has 0 saturated carbocycles. The fourth-order valence-corrected chi connectivity index (χ4v) is 4.95. The van der Waals surface area contributed by atoms with E-state index in [0.717, 1.165) is 44.4 Å². The van der Waals surface area contributed by atoms with Crippen molar-refractivity contribution in [1.29, 1.82) is 0 Å². The molecule has 38 heavy (non-hydrogen) atoms. The Morgan fingerprint density at radius 3 is 1.89 bits per heavy atom. The molecule has 0 radical (unpaired) electrons. The summed E-state index contributed by atoms with van der Waals surface area (Å²) >= 11 is 0. The third-order valence-corrected chi connectivity index (χ3v) is 6.51. The minimum absolute atomic E-state index is 0.00300. The molecule has 0 aliphatic rings. The molecule has 0 spiro atoms. The van der Waals surface area contributed by atoms with Crippen LogP contribution in [0, 0.1) is 13.8 Å². The summed E-state index contributed by atoms with van der Waals surface area (Å²) in [7, 11) is 0. The van der Waals surface area contributed by atoms with E-state index in [0.29, 0.717) is 0 Å². The van der Waals surface area contributed by atoms with Gasteiger partial charge in [-0.15, -0.1) is 0 Å². The van der Waals surface area contributed by atoms with Gasteiger partial charge in [0.05, 0.1) is 18.7 Å². The van der Waals surface area contributed by atoms with Crippen LogP contribution >= 0.6 is 0 Å². The Balaban J connectivity index is 2.36. The highest BCUT2D eigenvalue weighted by molar-refractivity contribution is 5.97. The number of aromatic nitrogens is 1. The zero-order valence-electron chi connectivity index (χ0n) is 24.8. The standard InChI is InChI=1S/C32H45N3O3/c1-20-13-21(2)15-22(14-20)29-25(17-27(37)33-30(3,4)5)24-16-23(32(9,10)19-36)11-12-26(24)35(29)18-28(38)34-31(6,7)8/h11-16,36H,17-19H2,1-10H3,(H,33,37)(H,34,38). The number of hydrogen-bond acceptors (Lipinski definition) is 3. The summed E-state index contributed by atoms with van der Waals surface area (Å²) < 4.78 is 2.04. The number of aryl methyl sites for hydroxylation is 2. The average molecular weight is 520 g/mol. The second kappa shape index (κ2) is 10.6. The smallest absolute Gasteiger partial charge is 0.240 e. The molecule has 0 saturated heterocycles. The zero-order chi connectivity index (χ0) is 28.6. The van der Waals surface area contributed by atoms with Crippen molar-refractivity contribution >= 4 is 22.7 Å². The van der Waals surface area contributed by atoms with E-state index < -0.39 is 5.41 Å². The summed E-state index contributed by atoms with van der Waals surface area (Å²) in [6.45, 7) is 20.0. The molecule has 206 valence electrons. The summed E-state index contributed by atoms with van der Waals surface area (Å²) in [4.78, 5) is 26.5. The normalized spacial score (nSPS) is 12.6. The van der Waals surface area contributed by atoms with Gasteiger partial charge in [-0.2, -0.15) is 0 Å². The fourth-order valence-electron chi connectivity index (χ4n) is 4.95. The van der Waals surface area contributed by atoms with Crippen LogP contribution in [0.3, 0.4) is 0 Å². The maximum Gasteiger partial charge on any atom is 0.240 e. The third-order valence-electron chi connectivity index (χ3n) is 6.51. The van der Waals surface area contributed by atoms with Crippen molar-refractivity contribution < 1.29 is 14.7 Å². The number of nitrogens with one attached hydrogen (secondary N) is 2. The number of aliphatic hydroxyl groups is 1. The molecule has 6 nitrogen and oxygen atoms in total. The Bertz CT molecular complexity index is 1330. The van der Waals surface area contributed by atoms with Crippen LogP contribution in [-0.4, -0.2) is 39.2 Å². The lowest BCUT2D eigenvalue weighted by molar-refractivity contribution is -0.123. The summed E-state index contributed by atoms with van der Waals surface area (Å²) in [5, 5.41) is 17.2. The van der Waals surface area contributed by atoms with Gasteiger partial charge in [0.25, 0.3) is 0 Å². The largest absolute Gasteiger partial charge is 0.395 e. The van der Waals surface area contributed by atoms with E-state index in [1.807, 2.05) is 72.1 Å². The minimum atomic E-state index is -0.453. The highest BCUT2D eigenvalue weighted by Gasteiger charge is 2.27. The van der Waals surface area contributed by atoms with E-state index in [4.69, 9.17) is 0 Å². The maximum atomic E-state index is 13.3. The lowest BCUT2D eigenvalue weighted by atomic mass is 9.84. The summed E-state index contributed by atoms with van der Waals surface area (Å²) in [6, 6.07) is 12.5. The molecule has 3 rings (SSSR count). The second-order valence-electron chi connectivity index (χ2n) is 13.3. The van der Waals surface area contributed by atoms with E-state index in [9.17, 15) is 14.7 Å². The molecule has 0 unspecified atom stereocenters. The van der Waals surface area contributed by atoms with Crippen molar-refractivity contribution in [2.75, 3.05) is 6.61 Å². The van der Waals surface area contributed by atoms with Crippen LogP contribution in [0.1, 0.15) is 77.6 Å². The summed E-state index contributed by atoms with van der Waals surface area (Å²) in [6.07, 6.45) is 0.174. The average Bonchev–Trinajstić information content (AvgIpc) is 3.02. The fraction of sp³-hybridized carbons (Fsp3) is 0.500. The molecule has 6 heteroatoms. The van der Waals surface area contributed by atoms with Crippen LogP contribution < -0.4 is 10.6 Å². The molecular weight excluding hydrogens is 474 g/mol. The number of benzene rings is 2. The molecular formula is C32H45N3O3. The number of hydrogen-bond donors (Lipinski definition) is 3. The first-order chi connectivity index (χ1) is 17.4. The van der Waals surface area contributed by atoms with Gasteiger partial charge in [-0.25, -0.2) is 0 Å². The number of carbonyl (C=O) groups excluding carboxylic acids is 2. The van der Waals surface area contributed by atoms with E-state index in [1.54, 1.807) is 0 Å². The van der Waals surface area contributed by atoms with E-state index in [-0.39, 0.29) is 42.5 Å². The van der Waals surface area contributed by atoms with Gasteiger partial charge in [0.1, 0.15) is 6.54 Å². The number of fused-ring (bicyclic) bond motifs is 1. The first-order valence-electron chi connectivity index (χ1n) is 13.4. The van der Waals surface area contributed by atoms with Gasteiger partial charge in [0.2, 0.25) is 11.8 Å². The molecule has 1 heterocycles. The topological polar surface area (TPSA) is 83.4 Å². The van der Waals surface area contributed by atoms with Crippen LogP contribution in [0.5, 0.6) is 0 Å². The van der Waals surface area contributed by atoms with Gasteiger partial charge >= 0.3 is 0 Å². The van der Waals surface area contributed by atoms with Gasteiger partial charge in [0.15, 0.2) is 0 Å². The first-order valence-corrected chi connectivity index (χ1v) is 13.4. The van der Waals surface area contributed by atoms with E-state index in [1.165, 1.54) is 0 Å². The van der Waals surface area contributed by atoms with Crippen molar-refractivity contribution in [3.8, 4) is 11.3 Å². The Kier molecular flexibility index (Phi) is 8.18. The van der Waals surface area contributed by atoms with Gasteiger partial charge in [0, 0.05) is 27.4 Å². The number of rotatable bonds is 7. The van der Waals surface area contributed by atoms with Crippen molar-refractivity contribution in [1.82, 2.24) is 15.2 Å². The SMILES string of the molecule is Cc1cc(C)cc(-c2c(CC(=O)NC(C)(C)C)c3cc(C(C)(C)CO)ccc3n2CC(=O)NC(C)(C)C)c1. The first kappa shape index (κ1) is 29.4. The molecule has 0 fully saturated rings. The second-order valence-corrected chi connectivity index (χ2v) is 13.3.